The highest BCUT2D eigenvalue weighted by Crippen LogP contribution is 2.32. The van der Waals surface area contributed by atoms with Crippen molar-refractivity contribution in [2.24, 2.45) is 0 Å². The number of nitrogens with zero attached hydrogens (tertiary/aromatic N) is 1. The van der Waals surface area contributed by atoms with Gasteiger partial charge in [-0.05, 0) is 46.0 Å². The lowest BCUT2D eigenvalue weighted by molar-refractivity contribution is 0.0342. The number of carbonyl (C=O) groups is 1. The van der Waals surface area contributed by atoms with Crippen LogP contribution in [0, 0.1) is 0 Å². The predicted molar refractivity (Wildman–Crippen MR) is 124 cm³/mol. The van der Waals surface area contributed by atoms with Crippen LogP contribution < -0.4 is 11.1 Å². The first-order valence-electron chi connectivity index (χ1n) is 10.4. The third-order valence-electron chi connectivity index (χ3n) is 5.67. The van der Waals surface area contributed by atoms with Crippen molar-refractivity contribution < 1.29 is 14.6 Å². The van der Waals surface area contributed by atoms with Crippen molar-refractivity contribution in [2.45, 2.75) is 6.54 Å². The van der Waals surface area contributed by atoms with Crippen LogP contribution in [0.4, 0.5) is 11.4 Å². The Morgan fingerprint density at radius 2 is 1.68 bits per heavy atom. The molecule has 4 rings (SSSR count). The van der Waals surface area contributed by atoms with Crippen LogP contribution in [-0.2, 0) is 11.3 Å². The van der Waals surface area contributed by atoms with E-state index < -0.39 is 5.97 Å². The molecule has 160 valence electrons. The van der Waals surface area contributed by atoms with Gasteiger partial charge >= 0.3 is 5.97 Å². The molecule has 0 aromatic heterocycles. The van der Waals surface area contributed by atoms with Crippen molar-refractivity contribution in [1.29, 1.82) is 0 Å². The summed E-state index contributed by atoms with van der Waals surface area (Å²) in [4.78, 5) is 14.0. The monoisotopic (exact) mass is 417 g/mol. The van der Waals surface area contributed by atoms with E-state index in [9.17, 15) is 9.90 Å². The molecule has 1 fully saturated rings. The van der Waals surface area contributed by atoms with E-state index in [0.29, 0.717) is 5.69 Å². The summed E-state index contributed by atoms with van der Waals surface area (Å²) in [6, 6.07) is 20.3. The molecule has 6 heteroatoms. The van der Waals surface area contributed by atoms with E-state index in [-0.39, 0.29) is 11.3 Å². The number of carboxylic acids is 1. The number of morpholine rings is 1. The summed E-state index contributed by atoms with van der Waals surface area (Å²) in [6.45, 7) is 4.45. The normalized spacial score (nSPS) is 14.4. The third-order valence-corrected chi connectivity index (χ3v) is 5.67. The number of ether oxygens (including phenoxy) is 1. The molecule has 1 heterocycles. The predicted octanol–water partition coefficient (Wildman–Crippen LogP) is 4.17. The Morgan fingerprint density at radius 1 is 1.00 bits per heavy atom. The highest BCUT2D eigenvalue weighted by atomic mass is 16.5. The maximum absolute atomic E-state index is 11.6. The van der Waals surface area contributed by atoms with Crippen molar-refractivity contribution in [3.63, 3.8) is 0 Å². The smallest absolute Gasteiger partial charge is 0.337 e. The van der Waals surface area contributed by atoms with Gasteiger partial charge in [0.25, 0.3) is 0 Å². The second kappa shape index (κ2) is 9.20. The molecule has 1 saturated heterocycles. The van der Waals surface area contributed by atoms with E-state index in [1.54, 1.807) is 13.1 Å². The number of nitrogen functional groups attached to an aromatic ring is 1. The SMILES string of the molecule is CNc1cc(-c2ccc(-c3cccc(CN4CCOCC4)c3)cc2)cc(C(=O)O)c1N. The molecular formula is C25H27N3O3. The fourth-order valence-electron chi connectivity index (χ4n) is 3.93. The summed E-state index contributed by atoms with van der Waals surface area (Å²) < 4.78 is 5.43. The Hall–Kier alpha value is -3.35. The molecule has 0 amide bonds. The summed E-state index contributed by atoms with van der Waals surface area (Å²) in [5.74, 6) is -1.04. The van der Waals surface area contributed by atoms with Gasteiger partial charge in [0.1, 0.15) is 0 Å². The Labute approximate surface area is 182 Å². The molecule has 0 saturated carbocycles. The minimum atomic E-state index is -1.04. The van der Waals surface area contributed by atoms with Gasteiger partial charge < -0.3 is 20.9 Å². The zero-order chi connectivity index (χ0) is 21.8. The second-order valence-corrected chi connectivity index (χ2v) is 7.71. The number of benzene rings is 3. The molecule has 3 aromatic rings. The molecular weight excluding hydrogens is 390 g/mol. The molecule has 0 unspecified atom stereocenters. The van der Waals surface area contributed by atoms with E-state index in [1.165, 1.54) is 5.56 Å². The van der Waals surface area contributed by atoms with Gasteiger partial charge in [-0.15, -0.1) is 0 Å². The summed E-state index contributed by atoms with van der Waals surface area (Å²) in [7, 11) is 1.73. The van der Waals surface area contributed by atoms with Crippen molar-refractivity contribution in [3.8, 4) is 22.3 Å². The van der Waals surface area contributed by atoms with E-state index in [1.807, 2.05) is 18.2 Å². The van der Waals surface area contributed by atoms with E-state index in [4.69, 9.17) is 10.5 Å². The highest BCUT2D eigenvalue weighted by molar-refractivity contribution is 5.99. The van der Waals surface area contributed by atoms with Crippen LogP contribution in [0.1, 0.15) is 15.9 Å². The number of rotatable bonds is 6. The molecule has 0 spiro atoms. The highest BCUT2D eigenvalue weighted by Gasteiger charge is 2.15. The topological polar surface area (TPSA) is 87.8 Å². The van der Waals surface area contributed by atoms with Crippen molar-refractivity contribution >= 4 is 17.3 Å². The maximum atomic E-state index is 11.6. The standard InChI is InChI=1S/C25H27N3O3/c1-27-23-15-21(14-22(24(23)26)25(29)30)19-7-5-18(6-8-19)20-4-2-3-17(13-20)16-28-9-11-31-12-10-28/h2-8,13-15,27H,9-12,16,26H2,1H3,(H,29,30). The molecule has 0 atom stereocenters. The quantitative estimate of drug-likeness (QED) is 0.522. The van der Waals surface area contributed by atoms with E-state index in [0.717, 1.165) is 55.1 Å². The minimum absolute atomic E-state index is 0.0988. The summed E-state index contributed by atoms with van der Waals surface area (Å²) in [5, 5.41) is 12.5. The maximum Gasteiger partial charge on any atom is 0.337 e. The fraction of sp³-hybridized carbons (Fsp3) is 0.240. The third kappa shape index (κ3) is 4.71. The van der Waals surface area contributed by atoms with Gasteiger partial charge in [-0.1, -0.05) is 42.5 Å². The lowest BCUT2D eigenvalue weighted by Gasteiger charge is -2.26. The molecule has 1 aliphatic rings. The van der Waals surface area contributed by atoms with E-state index >= 15 is 0 Å². The molecule has 0 aliphatic carbocycles. The Morgan fingerprint density at radius 3 is 2.32 bits per heavy atom. The van der Waals surface area contributed by atoms with Crippen molar-refractivity contribution in [2.75, 3.05) is 44.4 Å². The van der Waals surface area contributed by atoms with Gasteiger partial charge in [-0.2, -0.15) is 0 Å². The Kier molecular flexibility index (Phi) is 6.21. The number of carboxylic acid groups (broad SMARTS) is 1. The van der Waals surface area contributed by atoms with Crippen molar-refractivity contribution in [3.05, 3.63) is 71.8 Å². The van der Waals surface area contributed by atoms with Gasteiger partial charge in [0.2, 0.25) is 0 Å². The van der Waals surface area contributed by atoms with Crippen LogP contribution in [0.2, 0.25) is 0 Å². The number of nitrogens with two attached hydrogens (primary N) is 1. The first-order valence-corrected chi connectivity index (χ1v) is 10.4. The molecule has 6 nitrogen and oxygen atoms in total. The summed E-state index contributed by atoms with van der Waals surface area (Å²) in [6.07, 6.45) is 0. The molecule has 31 heavy (non-hydrogen) atoms. The van der Waals surface area contributed by atoms with Crippen LogP contribution in [0.15, 0.2) is 60.7 Å². The number of aromatic carboxylic acids is 1. The Bertz CT molecular complexity index is 1070. The average molecular weight is 418 g/mol. The zero-order valence-electron chi connectivity index (χ0n) is 17.6. The van der Waals surface area contributed by atoms with Crippen LogP contribution in [0.3, 0.4) is 0 Å². The zero-order valence-corrected chi connectivity index (χ0v) is 17.6. The first-order chi connectivity index (χ1) is 15.0. The van der Waals surface area contributed by atoms with Crippen molar-refractivity contribution in [1.82, 2.24) is 4.90 Å². The number of anilines is 2. The van der Waals surface area contributed by atoms with Crippen LogP contribution in [-0.4, -0.2) is 49.3 Å². The largest absolute Gasteiger partial charge is 0.478 e. The molecule has 0 radical (unpaired) electrons. The number of hydrogen-bond donors (Lipinski definition) is 3. The first kappa shape index (κ1) is 20.9. The fourth-order valence-corrected chi connectivity index (χ4v) is 3.93. The second-order valence-electron chi connectivity index (χ2n) is 7.71. The average Bonchev–Trinajstić information content (AvgIpc) is 2.80. The summed E-state index contributed by atoms with van der Waals surface area (Å²) in [5.41, 5.74) is 12.2. The minimum Gasteiger partial charge on any atom is -0.478 e. The van der Waals surface area contributed by atoms with Gasteiger partial charge in [-0.3, -0.25) is 4.90 Å². The van der Waals surface area contributed by atoms with Gasteiger partial charge in [-0.25, -0.2) is 4.79 Å². The van der Waals surface area contributed by atoms with Crippen LogP contribution in [0.5, 0.6) is 0 Å². The summed E-state index contributed by atoms with van der Waals surface area (Å²) >= 11 is 0. The molecule has 0 bridgehead atoms. The lowest BCUT2D eigenvalue weighted by Crippen LogP contribution is -2.35. The van der Waals surface area contributed by atoms with Crippen LogP contribution >= 0.6 is 0 Å². The molecule has 1 aliphatic heterocycles. The van der Waals surface area contributed by atoms with Crippen LogP contribution in [0.25, 0.3) is 22.3 Å². The number of nitrogens with one attached hydrogen (secondary N) is 1. The molecule has 4 N–H and O–H groups in total. The number of hydrogen-bond acceptors (Lipinski definition) is 5. The Balaban J connectivity index is 1.58. The molecule has 3 aromatic carbocycles. The van der Waals surface area contributed by atoms with E-state index in [2.05, 4.69) is 46.6 Å². The van der Waals surface area contributed by atoms with Gasteiger partial charge in [0, 0.05) is 26.7 Å². The van der Waals surface area contributed by atoms with Gasteiger partial charge in [0.15, 0.2) is 0 Å². The lowest BCUT2D eigenvalue weighted by atomic mass is 9.97. The van der Waals surface area contributed by atoms with Gasteiger partial charge in [0.05, 0.1) is 30.2 Å².